The number of hydrogen-bond donors (Lipinski definition) is 1. The summed E-state index contributed by atoms with van der Waals surface area (Å²) in [5.74, 6) is 0. The van der Waals surface area contributed by atoms with Crippen molar-refractivity contribution < 1.29 is 17.8 Å². The summed E-state index contributed by atoms with van der Waals surface area (Å²) in [5, 5.41) is 8.00. The van der Waals surface area contributed by atoms with Crippen molar-refractivity contribution >= 4 is 13.8 Å². The van der Waals surface area contributed by atoms with E-state index in [2.05, 4.69) is 4.89 Å². The molecular weight excluding hydrogens is 191 g/mol. The van der Waals surface area contributed by atoms with Gasteiger partial charge < -0.3 is 0 Å². The van der Waals surface area contributed by atoms with Gasteiger partial charge in [-0.3, -0.25) is 0 Å². The van der Waals surface area contributed by atoms with Crippen LogP contribution in [0.2, 0.25) is 5.32 Å². The molecule has 0 spiro atoms. The van der Waals surface area contributed by atoms with Crippen molar-refractivity contribution in [2.75, 3.05) is 0 Å². The fraction of sp³-hybridized carbons (Fsp3) is 1.00. The van der Waals surface area contributed by atoms with Crippen LogP contribution in [-0.2, 0) is 12.6 Å². The Labute approximate surface area is 57.0 Å². The van der Waals surface area contributed by atoms with Crippen molar-refractivity contribution in [3.05, 3.63) is 0 Å². The van der Waals surface area contributed by atoms with Gasteiger partial charge in [-0.15, -0.1) is 0 Å². The Hall–Kier alpha value is 0.0395. The average Bonchev–Trinajstić information content (AvgIpc) is 1.63. The molecule has 0 aromatic carbocycles. The fourth-order valence-electron chi connectivity index (χ4n) is 0.340. The van der Waals surface area contributed by atoms with E-state index >= 15 is 0 Å². The molecule has 56 valence electrons. The van der Waals surface area contributed by atoms with Gasteiger partial charge in [-0.25, -0.2) is 0 Å². The molecule has 0 saturated heterocycles. The Bertz CT molecular complexity index is 141. The zero-order valence-electron chi connectivity index (χ0n) is 5.33. The second kappa shape index (κ2) is 3.27. The molecule has 0 aromatic rings. The molecule has 0 heterocycles. The molecule has 9 heavy (non-hydrogen) atoms. The molecule has 0 atom stereocenters. The van der Waals surface area contributed by atoms with Crippen LogP contribution < -0.4 is 0 Å². The van der Waals surface area contributed by atoms with Gasteiger partial charge in [0.2, 0.25) is 0 Å². The second-order valence-corrected chi connectivity index (χ2v) is 4.40. The third-order valence-electron chi connectivity index (χ3n) is 0.757. The van der Waals surface area contributed by atoms with Crippen molar-refractivity contribution in [3.8, 4) is 0 Å². The van der Waals surface area contributed by atoms with Crippen molar-refractivity contribution in [2.24, 2.45) is 0 Å². The van der Waals surface area contributed by atoms with Crippen molar-refractivity contribution in [2.45, 2.75) is 24.8 Å². The van der Waals surface area contributed by atoms with Crippen LogP contribution in [0.15, 0.2) is 0 Å². The van der Waals surface area contributed by atoms with Gasteiger partial charge in [-0.05, 0) is 0 Å². The zero-order valence-corrected chi connectivity index (χ0v) is 7.20. The predicted molar refractivity (Wildman–Crippen MR) is 31.1 cm³/mol. The molecule has 1 N–H and O–H groups in total. The average molecular weight is 201 g/mol. The summed E-state index contributed by atoms with van der Waals surface area (Å²) in [5.41, 5.74) is -0.941. The van der Waals surface area contributed by atoms with E-state index in [0.29, 0.717) is 0 Å². The van der Waals surface area contributed by atoms with Crippen LogP contribution in [0, 0.1) is 0 Å². The van der Waals surface area contributed by atoms with E-state index < -0.39 is 19.4 Å². The standard InChI is InChI=1S/C4H10O4Se/c1-4(2,8-5)3-9(6)7/h5,9H,3H2,1-2H3. The minimum absolute atomic E-state index is 0.0868. The summed E-state index contributed by atoms with van der Waals surface area (Å²) in [6.45, 7) is 3.01. The molecule has 0 amide bonds. The Morgan fingerprint density at radius 1 is 1.56 bits per heavy atom. The molecule has 0 radical (unpaired) electrons. The third-order valence-corrected chi connectivity index (χ3v) is 2.90. The third kappa shape index (κ3) is 4.54. The van der Waals surface area contributed by atoms with Gasteiger partial charge in [0.05, 0.1) is 0 Å². The Morgan fingerprint density at radius 3 is 2.11 bits per heavy atom. The van der Waals surface area contributed by atoms with Gasteiger partial charge in [-0.2, -0.15) is 0 Å². The summed E-state index contributed by atoms with van der Waals surface area (Å²) < 4.78 is 20.2. The minimum atomic E-state index is -3.16. The van der Waals surface area contributed by atoms with Gasteiger partial charge in [0.1, 0.15) is 0 Å². The van der Waals surface area contributed by atoms with Crippen LogP contribution in [0.5, 0.6) is 0 Å². The molecule has 0 bridgehead atoms. The molecule has 0 unspecified atom stereocenters. The molecule has 0 saturated carbocycles. The quantitative estimate of drug-likeness (QED) is 0.406. The molecule has 0 aliphatic rings. The molecule has 5 heteroatoms. The Morgan fingerprint density at radius 2 is 2.00 bits per heavy atom. The molecule has 0 aliphatic carbocycles. The summed E-state index contributed by atoms with van der Waals surface area (Å²) >= 11 is -3.16. The first kappa shape index (κ1) is 9.04. The summed E-state index contributed by atoms with van der Waals surface area (Å²) in [6.07, 6.45) is 0. The van der Waals surface area contributed by atoms with Crippen molar-refractivity contribution in [1.29, 1.82) is 0 Å². The monoisotopic (exact) mass is 202 g/mol. The van der Waals surface area contributed by atoms with Gasteiger partial charge >= 0.3 is 56.3 Å². The number of rotatable bonds is 3. The van der Waals surface area contributed by atoms with Crippen LogP contribution in [0.1, 0.15) is 13.8 Å². The van der Waals surface area contributed by atoms with Crippen molar-refractivity contribution in [1.82, 2.24) is 0 Å². The Balaban J connectivity index is 3.86. The van der Waals surface area contributed by atoms with E-state index in [1.165, 1.54) is 13.8 Å². The Kier molecular flexibility index (Phi) is 3.28. The van der Waals surface area contributed by atoms with Crippen LogP contribution in [0.3, 0.4) is 0 Å². The first-order chi connectivity index (χ1) is 3.98. The molecule has 0 fully saturated rings. The normalized spacial score (nSPS) is 12.4. The number of hydrogen-bond acceptors (Lipinski definition) is 4. The van der Waals surface area contributed by atoms with Crippen LogP contribution in [-0.4, -0.2) is 24.6 Å². The van der Waals surface area contributed by atoms with Gasteiger partial charge in [-0.1, -0.05) is 0 Å². The van der Waals surface area contributed by atoms with E-state index in [9.17, 15) is 7.67 Å². The summed E-state index contributed by atoms with van der Waals surface area (Å²) in [7, 11) is 0. The summed E-state index contributed by atoms with van der Waals surface area (Å²) in [6, 6.07) is 0. The summed E-state index contributed by atoms with van der Waals surface area (Å²) in [4.78, 5) is 3.88. The van der Waals surface area contributed by atoms with Gasteiger partial charge in [0, 0.05) is 0 Å². The molecule has 4 nitrogen and oxygen atoms in total. The van der Waals surface area contributed by atoms with Crippen molar-refractivity contribution in [3.63, 3.8) is 0 Å². The maximum atomic E-state index is 10.1. The van der Waals surface area contributed by atoms with E-state index in [4.69, 9.17) is 5.26 Å². The first-order valence-corrected chi connectivity index (χ1v) is 5.28. The van der Waals surface area contributed by atoms with E-state index in [0.717, 1.165) is 0 Å². The molecular formula is C4H10O4Se. The SMILES string of the molecule is CC(C)(C[SeH](=O)=O)OO. The molecule has 0 aliphatic heterocycles. The van der Waals surface area contributed by atoms with Gasteiger partial charge in [0.25, 0.3) is 0 Å². The van der Waals surface area contributed by atoms with E-state index in [1.807, 2.05) is 0 Å². The predicted octanol–water partition coefficient (Wildman–Crippen LogP) is 0.336. The fourth-order valence-corrected chi connectivity index (χ4v) is 1.77. The van der Waals surface area contributed by atoms with Crippen LogP contribution >= 0.6 is 0 Å². The topological polar surface area (TPSA) is 63.6 Å². The van der Waals surface area contributed by atoms with E-state index in [-0.39, 0.29) is 5.32 Å². The van der Waals surface area contributed by atoms with E-state index in [1.54, 1.807) is 0 Å². The second-order valence-electron chi connectivity index (χ2n) is 2.34. The molecule has 0 aromatic heterocycles. The van der Waals surface area contributed by atoms with Gasteiger partial charge in [0.15, 0.2) is 0 Å². The zero-order chi connectivity index (χ0) is 7.49. The first-order valence-electron chi connectivity index (χ1n) is 2.42. The maximum absolute atomic E-state index is 10.1. The van der Waals surface area contributed by atoms with Crippen LogP contribution in [0.4, 0.5) is 0 Å². The van der Waals surface area contributed by atoms with Crippen LogP contribution in [0.25, 0.3) is 0 Å². The molecule has 0 rings (SSSR count).